The van der Waals surface area contributed by atoms with Gasteiger partial charge in [-0.25, -0.2) is 0 Å². The lowest BCUT2D eigenvalue weighted by Gasteiger charge is -2.21. The summed E-state index contributed by atoms with van der Waals surface area (Å²) in [6.45, 7) is 2.09. The molecular weight excluding hydrogens is 272 g/mol. The summed E-state index contributed by atoms with van der Waals surface area (Å²) >= 11 is 0. The summed E-state index contributed by atoms with van der Waals surface area (Å²) in [5, 5.41) is 14.8. The molecule has 1 heterocycles. The van der Waals surface area contributed by atoms with Gasteiger partial charge in [-0.15, -0.1) is 5.10 Å². The van der Waals surface area contributed by atoms with Crippen molar-refractivity contribution in [2.75, 3.05) is 5.43 Å². The predicted octanol–water partition coefficient (Wildman–Crippen LogP) is 4.78. The van der Waals surface area contributed by atoms with Gasteiger partial charge < -0.3 is 0 Å². The molecule has 1 aliphatic carbocycles. The average molecular weight is 296 g/mol. The van der Waals surface area contributed by atoms with Crippen molar-refractivity contribution in [1.29, 1.82) is 0 Å². The molecule has 1 aromatic carbocycles. The third-order valence-corrected chi connectivity index (χ3v) is 4.56. The first-order valence-corrected chi connectivity index (χ1v) is 8.32. The molecule has 0 spiro atoms. The molecule has 22 heavy (non-hydrogen) atoms. The summed E-state index contributed by atoms with van der Waals surface area (Å²) in [5.74, 6) is 1.63. The SMILES string of the molecule is C/C(CCC1CCCCC1)=N/Nc1nncc2ccccc12. The minimum Gasteiger partial charge on any atom is -0.259 e. The number of hydrogen-bond donors (Lipinski definition) is 1. The molecule has 0 unspecified atom stereocenters. The van der Waals surface area contributed by atoms with Crippen LogP contribution in [0.2, 0.25) is 0 Å². The van der Waals surface area contributed by atoms with Crippen LogP contribution in [0.25, 0.3) is 10.8 Å². The smallest absolute Gasteiger partial charge is 0.176 e. The Labute approximate surface area is 132 Å². The third-order valence-electron chi connectivity index (χ3n) is 4.56. The van der Waals surface area contributed by atoms with Crippen molar-refractivity contribution in [3.8, 4) is 0 Å². The fourth-order valence-corrected chi connectivity index (χ4v) is 3.20. The molecule has 0 amide bonds. The molecule has 1 fully saturated rings. The van der Waals surface area contributed by atoms with Crippen LogP contribution in [-0.2, 0) is 0 Å². The van der Waals surface area contributed by atoms with Crippen molar-refractivity contribution in [3.05, 3.63) is 30.5 Å². The average Bonchev–Trinajstić information content (AvgIpc) is 2.59. The third kappa shape index (κ3) is 3.81. The van der Waals surface area contributed by atoms with Crippen LogP contribution in [0.15, 0.2) is 35.6 Å². The summed E-state index contributed by atoms with van der Waals surface area (Å²) in [7, 11) is 0. The van der Waals surface area contributed by atoms with Gasteiger partial charge in [-0.1, -0.05) is 56.4 Å². The number of aromatic nitrogens is 2. The van der Waals surface area contributed by atoms with Gasteiger partial charge in [0.2, 0.25) is 0 Å². The molecule has 0 atom stereocenters. The molecular formula is C18H24N4. The Morgan fingerprint density at radius 2 is 2.05 bits per heavy atom. The summed E-state index contributed by atoms with van der Waals surface area (Å²) in [5.41, 5.74) is 4.23. The topological polar surface area (TPSA) is 50.2 Å². The molecule has 4 heteroatoms. The fraction of sp³-hybridized carbons (Fsp3) is 0.500. The Kier molecular flexibility index (Phi) is 4.99. The van der Waals surface area contributed by atoms with Crippen LogP contribution in [-0.4, -0.2) is 15.9 Å². The number of rotatable bonds is 5. The molecule has 1 aliphatic rings. The van der Waals surface area contributed by atoms with E-state index in [1.54, 1.807) is 6.20 Å². The maximum absolute atomic E-state index is 4.49. The molecule has 4 nitrogen and oxygen atoms in total. The normalized spacial score (nSPS) is 16.9. The van der Waals surface area contributed by atoms with E-state index in [9.17, 15) is 0 Å². The van der Waals surface area contributed by atoms with E-state index >= 15 is 0 Å². The first-order chi connectivity index (χ1) is 10.8. The van der Waals surface area contributed by atoms with Crippen LogP contribution >= 0.6 is 0 Å². The maximum atomic E-state index is 4.49. The number of anilines is 1. The number of hydrazone groups is 1. The lowest BCUT2D eigenvalue weighted by molar-refractivity contribution is 0.343. The highest BCUT2D eigenvalue weighted by Crippen LogP contribution is 2.27. The molecule has 116 valence electrons. The van der Waals surface area contributed by atoms with Gasteiger partial charge in [-0.2, -0.15) is 10.2 Å². The van der Waals surface area contributed by atoms with Gasteiger partial charge in [0, 0.05) is 16.5 Å². The summed E-state index contributed by atoms with van der Waals surface area (Å²) in [6.07, 6.45) is 11.1. The number of fused-ring (bicyclic) bond motifs is 1. The van der Waals surface area contributed by atoms with Crippen LogP contribution in [0.5, 0.6) is 0 Å². The molecule has 0 saturated heterocycles. The van der Waals surface area contributed by atoms with E-state index in [1.165, 1.54) is 38.5 Å². The molecule has 1 saturated carbocycles. The van der Waals surface area contributed by atoms with Gasteiger partial charge in [0.15, 0.2) is 5.82 Å². The van der Waals surface area contributed by atoms with Gasteiger partial charge in [0.05, 0.1) is 6.20 Å². The molecule has 2 aromatic rings. The van der Waals surface area contributed by atoms with Gasteiger partial charge in [-0.05, 0) is 25.7 Å². The summed E-state index contributed by atoms with van der Waals surface area (Å²) < 4.78 is 0. The van der Waals surface area contributed by atoms with Gasteiger partial charge in [-0.3, -0.25) is 5.43 Å². The lowest BCUT2D eigenvalue weighted by Crippen LogP contribution is -2.08. The Morgan fingerprint density at radius 3 is 2.91 bits per heavy atom. The minimum absolute atomic E-state index is 0.732. The van der Waals surface area contributed by atoms with E-state index in [1.807, 2.05) is 24.3 Å². The van der Waals surface area contributed by atoms with E-state index < -0.39 is 0 Å². The quantitative estimate of drug-likeness (QED) is 0.638. The molecule has 1 N–H and O–H groups in total. The van der Waals surface area contributed by atoms with Crippen LogP contribution < -0.4 is 5.43 Å². The van der Waals surface area contributed by atoms with Crippen molar-refractivity contribution < 1.29 is 0 Å². The van der Waals surface area contributed by atoms with Crippen LogP contribution in [0.4, 0.5) is 5.82 Å². The number of hydrogen-bond acceptors (Lipinski definition) is 4. The zero-order valence-corrected chi connectivity index (χ0v) is 13.3. The van der Waals surface area contributed by atoms with Crippen molar-refractivity contribution in [2.45, 2.75) is 51.9 Å². The molecule has 3 rings (SSSR count). The zero-order valence-electron chi connectivity index (χ0n) is 13.3. The van der Waals surface area contributed by atoms with Crippen LogP contribution in [0.3, 0.4) is 0 Å². The Hall–Kier alpha value is -1.97. The second kappa shape index (κ2) is 7.34. The van der Waals surface area contributed by atoms with Crippen molar-refractivity contribution in [2.24, 2.45) is 11.0 Å². The molecule has 1 aromatic heterocycles. The highest BCUT2D eigenvalue weighted by molar-refractivity contribution is 5.91. The van der Waals surface area contributed by atoms with E-state index in [0.29, 0.717) is 0 Å². The van der Waals surface area contributed by atoms with Crippen LogP contribution in [0.1, 0.15) is 51.9 Å². The first kappa shape index (κ1) is 14.9. The molecule has 0 bridgehead atoms. The van der Waals surface area contributed by atoms with Gasteiger partial charge in [0.1, 0.15) is 0 Å². The largest absolute Gasteiger partial charge is 0.259 e. The van der Waals surface area contributed by atoms with Crippen LogP contribution in [0, 0.1) is 5.92 Å². The monoisotopic (exact) mass is 296 g/mol. The standard InChI is InChI=1S/C18H24N4/c1-14(11-12-15-7-3-2-4-8-15)20-22-18-17-10-6-5-9-16(17)13-19-21-18/h5-6,9-10,13,15H,2-4,7-8,11-12H2,1H3,(H,21,22)/b20-14-. The zero-order chi connectivity index (χ0) is 15.2. The summed E-state index contributed by atoms with van der Waals surface area (Å²) in [4.78, 5) is 0. The van der Waals surface area contributed by atoms with E-state index in [4.69, 9.17) is 0 Å². The van der Waals surface area contributed by atoms with E-state index in [-0.39, 0.29) is 0 Å². The highest BCUT2D eigenvalue weighted by Gasteiger charge is 2.13. The Morgan fingerprint density at radius 1 is 1.23 bits per heavy atom. The molecule has 0 radical (unpaired) electrons. The van der Waals surface area contributed by atoms with Gasteiger partial charge >= 0.3 is 0 Å². The van der Waals surface area contributed by atoms with Crippen molar-refractivity contribution in [1.82, 2.24) is 10.2 Å². The molecule has 0 aliphatic heterocycles. The summed E-state index contributed by atoms with van der Waals surface area (Å²) in [6, 6.07) is 8.09. The fourth-order valence-electron chi connectivity index (χ4n) is 3.20. The Balaban J connectivity index is 1.59. The van der Waals surface area contributed by atoms with Gasteiger partial charge in [0.25, 0.3) is 0 Å². The van der Waals surface area contributed by atoms with E-state index in [0.717, 1.165) is 34.6 Å². The Bertz CT molecular complexity index is 639. The van der Waals surface area contributed by atoms with E-state index in [2.05, 4.69) is 27.6 Å². The number of nitrogens with zero attached hydrogens (tertiary/aromatic N) is 3. The second-order valence-corrected chi connectivity index (χ2v) is 6.28. The maximum Gasteiger partial charge on any atom is 0.176 e. The highest BCUT2D eigenvalue weighted by atomic mass is 15.3. The van der Waals surface area contributed by atoms with Crippen molar-refractivity contribution in [3.63, 3.8) is 0 Å². The van der Waals surface area contributed by atoms with Crippen molar-refractivity contribution >= 4 is 22.3 Å². The number of nitrogens with one attached hydrogen (secondary N) is 1. The first-order valence-electron chi connectivity index (χ1n) is 8.32. The second-order valence-electron chi connectivity index (χ2n) is 6.28. The lowest BCUT2D eigenvalue weighted by atomic mass is 9.86. The predicted molar refractivity (Wildman–Crippen MR) is 92.1 cm³/mol. The minimum atomic E-state index is 0.732. The number of benzene rings is 1.